The maximum absolute atomic E-state index is 2.30. The zero-order valence-corrected chi connectivity index (χ0v) is 14.2. The van der Waals surface area contributed by atoms with Gasteiger partial charge in [-0.1, -0.05) is 103 Å². The Labute approximate surface area is 129 Å². The monoisotopic (exact) mass is 279 g/mol. The van der Waals surface area contributed by atoms with Crippen LogP contribution >= 0.6 is 0 Å². The minimum absolute atomic E-state index is 1.37. The van der Waals surface area contributed by atoms with Gasteiger partial charge in [-0.25, -0.2) is 0 Å². The van der Waals surface area contributed by atoms with E-state index in [1.165, 1.54) is 116 Å². The fraction of sp³-hybridized carbons (Fsp3) is 0.950. The third kappa shape index (κ3) is 13.0. The molecular weight excluding hydrogens is 240 g/mol. The summed E-state index contributed by atoms with van der Waals surface area (Å²) in [7, 11) is 0. The van der Waals surface area contributed by atoms with Gasteiger partial charge in [0.05, 0.1) is 0 Å². The maximum Gasteiger partial charge on any atom is -0.0241 e. The highest BCUT2D eigenvalue weighted by Gasteiger charge is 2.20. The van der Waals surface area contributed by atoms with Gasteiger partial charge in [0, 0.05) is 0 Å². The van der Waals surface area contributed by atoms with Gasteiger partial charge in [-0.15, -0.1) is 0 Å². The van der Waals surface area contributed by atoms with Crippen LogP contribution in [0, 0.1) is 5.92 Å². The summed E-state index contributed by atoms with van der Waals surface area (Å²) in [5.41, 5.74) is 0. The number of rotatable bonds is 16. The van der Waals surface area contributed by atoms with Crippen LogP contribution in [0.2, 0.25) is 0 Å². The second kappa shape index (κ2) is 14.0. The Balaban J connectivity index is 1.60. The van der Waals surface area contributed by atoms with Gasteiger partial charge >= 0.3 is 0 Å². The van der Waals surface area contributed by atoms with Crippen molar-refractivity contribution in [1.82, 2.24) is 0 Å². The molecule has 0 heterocycles. The molecule has 0 aromatic heterocycles. The van der Waals surface area contributed by atoms with Crippen LogP contribution in [-0.2, 0) is 0 Å². The molecule has 0 aliphatic heterocycles. The minimum Gasteiger partial charge on any atom is -0.0654 e. The normalized spacial score (nSPS) is 14.8. The van der Waals surface area contributed by atoms with E-state index in [1.807, 2.05) is 5.92 Å². The molecule has 0 nitrogen and oxygen atoms in total. The average Bonchev–Trinajstić information content (AvgIpc) is 3.27. The predicted molar refractivity (Wildman–Crippen MR) is 92.0 cm³/mol. The van der Waals surface area contributed by atoms with Crippen LogP contribution in [0.25, 0.3) is 0 Å². The van der Waals surface area contributed by atoms with Gasteiger partial charge in [-0.3, -0.25) is 0 Å². The first-order valence-corrected chi connectivity index (χ1v) is 9.77. The van der Waals surface area contributed by atoms with Gasteiger partial charge in [0.1, 0.15) is 0 Å². The Morgan fingerprint density at radius 2 is 0.850 bits per heavy atom. The van der Waals surface area contributed by atoms with Crippen LogP contribution in [-0.4, -0.2) is 0 Å². The molecule has 1 rings (SSSR count). The summed E-state index contributed by atoms with van der Waals surface area (Å²) in [6.45, 7) is 2.30. The van der Waals surface area contributed by atoms with E-state index in [4.69, 9.17) is 0 Å². The molecule has 0 aromatic carbocycles. The summed E-state index contributed by atoms with van der Waals surface area (Å²) in [6, 6.07) is 0. The van der Waals surface area contributed by atoms with E-state index < -0.39 is 0 Å². The standard InChI is InChI=1S/C20H39/c1-2-3-4-5-6-7-8-9-10-11-12-13-14-15-16-17-20-18-19-20/h2-19H2,1H3. The Morgan fingerprint density at radius 3 is 1.20 bits per heavy atom. The second-order valence-corrected chi connectivity index (χ2v) is 6.95. The lowest BCUT2D eigenvalue weighted by atomic mass is 10.0. The van der Waals surface area contributed by atoms with Crippen molar-refractivity contribution in [3.05, 3.63) is 5.92 Å². The van der Waals surface area contributed by atoms with E-state index in [9.17, 15) is 0 Å². The zero-order valence-electron chi connectivity index (χ0n) is 14.2. The molecule has 0 saturated heterocycles. The summed E-state index contributed by atoms with van der Waals surface area (Å²) >= 11 is 0. The number of unbranched alkanes of at least 4 members (excludes halogenated alkanes) is 14. The molecule has 0 amide bonds. The van der Waals surface area contributed by atoms with E-state index in [2.05, 4.69) is 6.92 Å². The molecule has 1 fully saturated rings. The van der Waals surface area contributed by atoms with Crippen molar-refractivity contribution in [3.8, 4) is 0 Å². The van der Waals surface area contributed by atoms with E-state index in [1.54, 1.807) is 0 Å². The first kappa shape index (κ1) is 18.1. The molecule has 0 unspecified atom stereocenters. The van der Waals surface area contributed by atoms with Gasteiger partial charge in [0.15, 0.2) is 0 Å². The lowest BCUT2D eigenvalue weighted by molar-refractivity contribution is 0.531. The highest BCUT2D eigenvalue weighted by atomic mass is 14.3. The van der Waals surface area contributed by atoms with Crippen molar-refractivity contribution in [1.29, 1.82) is 0 Å². The van der Waals surface area contributed by atoms with Crippen molar-refractivity contribution in [2.24, 2.45) is 0 Å². The molecule has 0 atom stereocenters. The van der Waals surface area contributed by atoms with Gasteiger partial charge in [-0.2, -0.15) is 0 Å². The van der Waals surface area contributed by atoms with Gasteiger partial charge in [0.2, 0.25) is 0 Å². The summed E-state index contributed by atoms with van der Waals surface area (Å²) in [4.78, 5) is 0. The Kier molecular flexibility index (Phi) is 12.6. The van der Waals surface area contributed by atoms with Crippen LogP contribution in [0.15, 0.2) is 0 Å². The highest BCUT2D eigenvalue weighted by Crippen LogP contribution is 2.36. The Hall–Kier alpha value is 0. The first-order valence-electron chi connectivity index (χ1n) is 9.77. The van der Waals surface area contributed by atoms with Gasteiger partial charge < -0.3 is 0 Å². The second-order valence-electron chi connectivity index (χ2n) is 6.95. The van der Waals surface area contributed by atoms with Crippen LogP contribution in [0.4, 0.5) is 0 Å². The molecule has 20 heavy (non-hydrogen) atoms. The fourth-order valence-corrected chi connectivity index (χ4v) is 3.08. The van der Waals surface area contributed by atoms with E-state index in [0.29, 0.717) is 0 Å². The molecule has 0 bridgehead atoms. The van der Waals surface area contributed by atoms with Crippen LogP contribution in [0.5, 0.6) is 0 Å². The summed E-state index contributed by atoms with van der Waals surface area (Å²) < 4.78 is 0. The highest BCUT2D eigenvalue weighted by molar-refractivity contribution is 5.04. The predicted octanol–water partition coefficient (Wildman–Crippen LogP) is 7.62. The molecule has 0 N–H and O–H groups in total. The summed E-state index contributed by atoms with van der Waals surface area (Å²) in [6.07, 6.45) is 26.5. The molecule has 1 aliphatic rings. The van der Waals surface area contributed by atoms with Crippen molar-refractivity contribution in [3.63, 3.8) is 0 Å². The largest absolute Gasteiger partial charge is 0.0654 e. The lowest BCUT2D eigenvalue weighted by Crippen LogP contribution is -1.83. The van der Waals surface area contributed by atoms with Crippen molar-refractivity contribution in [2.75, 3.05) is 0 Å². The molecule has 1 saturated carbocycles. The molecule has 0 heteroatoms. The van der Waals surface area contributed by atoms with Crippen molar-refractivity contribution in [2.45, 2.75) is 122 Å². The lowest BCUT2D eigenvalue weighted by Gasteiger charge is -2.03. The number of hydrogen-bond acceptors (Lipinski definition) is 0. The molecule has 119 valence electrons. The average molecular weight is 280 g/mol. The van der Waals surface area contributed by atoms with Crippen LogP contribution in [0.1, 0.15) is 122 Å². The molecule has 1 radical (unpaired) electrons. The smallest absolute Gasteiger partial charge is 0.0241 e. The van der Waals surface area contributed by atoms with Gasteiger partial charge in [0.25, 0.3) is 0 Å². The molecule has 1 aliphatic carbocycles. The summed E-state index contributed by atoms with van der Waals surface area (Å²) in [5.74, 6) is 1.85. The third-order valence-corrected chi connectivity index (χ3v) is 4.74. The van der Waals surface area contributed by atoms with Crippen molar-refractivity contribution < 1.29 is 0 Å². The Bertz CT molecular complexity index is 180. The zero-order chi connectivity index (χ0) is 14.3. The first-order chi connectivity index (χ1) is 9.93. The van der Waals surface area contributed by atoms with Crippen molar-refractivity contribution >= 4 is 0 Å². The minimum atomic E-state index is 1.37. The molecular formula is C20H39. The Morgan fingerprint density at radius 1 is 0.500 bits per heavy atom. The van der Waals surface area contributed by atoms with Crippen LogP contribution in [0.3, 0.4) is 0 Å². The van der Waals surface area contributed by atoms with Crippen LogP contribution < -0.4 is 0 Å². The van der Waals surface area contributed by atoms with E-state index >= 15 is 0 Å². The number of hydrogen-bond donors (Lipinski definition) is 0. The molecule has 0 spiro atoms. The van der Waals surface area contributed by atoms with E-state index in [0.717, 1.165) is 0 Å². The molecule has 0 aromatic rings. The summed E-state index contributed by atoms with van der Waals surface area (Å²) in [5, 5.41) is 0. The van der Waals surface area contributed by atoms with E-state index in [-0.39, 0.29) is 0 Å². The third-order valence-electron chi connectivity index (χ3n) is 4.74. The maximum atomic E-state index is 2.30. The quantitative estimate of drug-likeness (QED) is 0.255. The SMILES string of the molecule is CCCCCCCCCCCCCCCCC[C]1CC1. The topological polar surface area (TPSA) is 0 Å². The van der Waals surface area contributed by atoms with Gasteiger partial charge in [-0.05, 0) is 25.2 Å². The fourth-order valence-electron chi connectivity index (χ4n) is 3.08.